The molecule has 21 heavy (non-hydrogen) atoms. The van der Waals surface area contributed by atoms with E-state index in [9.17, 15) is 4.39 Å². The zero-order chi connectivity index (χ0) is 15.1. The Balaban J connectivity index is 1.93. The van der Waals surface area contributed by atoms with Crippen molar-refractivity contribution in [3.63, 3.8) is 0 Å². The smallest absolute Gasteiger partial charge is 0.123 e. The van der Waals surface area contributed by atoms with Crippen LogP contribution in [0.4, 0.5) is 4.39 Å². The van der Waals surface area contributed by atoms with Crippen molar-refractivity contribution in [2.24, 2.45) is 0 Å². The number of hydrogen-bond acceptors (Lipinski definition) is 2. The van der Waals surface area contributed by atoms with Crippen molar-refractivity contribution in [3.05, 3.63) is 64.9 Å². The highest BCUT2D eigenvalue weighted by atomic mass is 35.5. The summed E-state index contributed by atoms with van der Waals surface area (Å²) in [5.41, 5.74) is 0.959. The molecule has 1 N–H and O–H groups in total. The predicted octanol–water partition coefficient (Wildman–Crippen LogP) is 4.08. The van der Waals surface area contributed by atoms with Gasteiger partial charge in [-0.1, -0.05) is 30.7 Å². The monoisotopic (exact) mass is 307 g/mol. The molecule has 0 radical (unpaired) electrons. The van der Waals surface area contributed by atoms with Gasteiger partial charge in [0.05, 0.1) is 0 Å². The van der Waals surface area contributed by atoms with E-state index in [1.807, 2.05) is 25.1 Å². The van der Waals surface area contributed by atoms with Crippen LogP contribution in [0.2, 0.25) is 5.02 Å². The first-order chi connectivity index (χ1) is 10.2. The number of hydrogen-bond donors (Lipinski definition) is 1. The van der Waals surface area contributed by atoms with Gasteiger partial charge in [0.15, 0.2) is 0 Å². The SMILES string of the molecule is CCNC(COc1ccc(Cl)cc1)Cc1cccc(F)c1. The van der Waals surface area contributed by atoms with Crippen LogP contribution in [0.1, 0.15) is 12.5 Å². The lowest BCUT2D eigenvalue weighted by Gasteiger charge is -2.19. The summed E-state index contributed by atoms with van der Waals surface area (Å²) in [6, 6.07) is 14.1. The molecule has 0 aliphatic rings. The molecular weight excluding hydrogens is 289 g/mol. The summed E-state index contributed by atoms with van der Waals surface area (Å²) in [4.78, 5) is 0. The number of rotatable bonds is 7. The van der Waals surface area contributed by atoms with Gasteiger partial charge in [0.1, 0.15) is 18.2 Å². The summed E-state index contributed by atoms with van der Waals surface area (Å²) in [6.07, 6.45) is 0.721. The maximum atomic E-state index is 13.2. The molecule has 2 rings (SSSR count). The average Bonchev–Trinajstić information content (AvgIpc) is 2.47. The van der Waals surface area contributed by atoms with Gasteiger partial charge < -0.3 is 10.1 Å². The summed E-state index contributed by atoms with van der Waals surface area (Å²) in [5.74, 6) is 0.572. The topological polar surface area (TPSA) is 21.3 Å². The largest absolute Gasteiger partial charge is 0.492 e. The predicted molar refractivity (Wildman–Crippen MR) is 84.5 cm³/mol. The van der Waals surface area contributed by atoms with Crippen molar-refractivity contribution in [1.29, 1.82) is 0 Å². The van der Waals surface area contributed by atoms with Crippen LogP contribution in [0.15, 0.2) is 48.5 Å². The first-order valence-electron chi connectivity index (χ1n) is 7.03. The van der Waals surface area contributed by atoms with Crippen LogP contribution in [0.3, 0.4) is 0 Å². The maximum Gasteiger partial charge on any atom is 0.123 e. The van der Waals surface area contributed by atoms with E-state index in [1.165, 1.54) is 6.07 Å². The number of ether oxygens (including phenoxy) is 1. The van der Waals surface area contributed by atoms with Gasteiger partial charge in [0.25, 0.3) is 0 Å². The van der Waals surface area contributed by atoms with Crippen molar-refractivity contribution in [2.45, 2.75) is 19.4 Å². The van der Waals surface area contributed by atoms with Crippen LogP contribution in [0.25, 0.3) is 0 Å². The molecule has 2 aromatic carbocycles. The Morgan fingerprint density at radius 3 is 2.62 bits per heavy atom. The molecule has 0 aliphatic carbocycles. The Labute approximate surface area is 129 Å². The van der Waals surface area contributed by atoms with E-state index >= 15 is 0 Å². The molecule has 0 fully saturated rings. The van der Waals surface area contributed by atoms with Gasteiger partial charge in [-0.2, -0.15) is 0 Å². The van der Waals surface area contributed by atoms with E-state index in [0.717, 1.165) is 24.3 Å². The Morgan fingerprint density at radius 2 is 1.95 bits per heavy atom. The third-order valence-electron chi connectivity index (χ3n) is 3.13. The van der Waals surface area contributed by atoms with Gasteiger partial charge in [-0.05, 0) is 54.9 Å². The third kappa shape index (κ3) is 5.37. The van der Waals surface area contributed by atoms with Crippen molar-refractivity contribution in [3.8, 4) is 5.75 Å². The molecule has 0 aliphatic heterocycles. The van der Waals surface area contributed by atoms with Crippen molar-refractivity contribution >= 4 is 11.6 Å². The Hall–Kier alpha value is -1.58. The molecule has 0 heterocycles. The fraction of sp³-hybridized carbons (Fsp3) is 0.294. The number of nitrogens with one attached hydrogen (secondary N) is 1. The first-order valence-corrected chi connectivity index (χ1v) is 7.41. The van der Waals surface area contributed by atoms with Gasteiger partial charge in [-0.15, -0.1) is 0 Å². The Bertz CT molecular complexity index is 559. The summed E-state index contributed by atoms with van der Waals surface area (Å²) >= 11 is 5.84. The van der Waals surface area contributed by atoms with Crippen molar-refractivity contribution in [1.82, 2.24) is 5.32 Å². The fourth-order valence-corrected chi connectivity index (χ4v) is 2.28. The standard InChI is InChI=1S/C17H19ClFNO/c1-2-20-16(11-13-4-3-5-15(19)10-13)12-21-17-8-6-14(18)7-9-17/h3-10,16,20H,2,11-12H2,1H3. The van der Waals surface area contributed by atoms with Crippen molar-refractivity contribution in [2.75, 3.05) is 13.2 Å². The Morgan fingerprint density at radius 1 is 1.19 bits per heavy atom. The molecule has 0 bridgehead atoms. The minimum atomic E-state index is -0.207. The molecule has 1 atom stereocenters. The molecule has 2 nitrogen and oxygen atoms in total. The van der Waals surface area contributed by atoms with Crippen LogP contribution in [-0.4, -0.2) is 19.2 Å². The lowest BCUT2D eigenvalue weighted by atomic mass is 10.1. The normalized spacial score (nSPS) is 12.1. The highest BCUT2D eigenvalue weighted by Gasteiger charge is 2.10. The molecule has 0 saturated carbocycles. The van der Waals surface area contributed by atoms with Crippen molar-refractivity contribution < 1.29 is 9.13 Å². The molecule has 0 spiro atoms. The van der Waals surface area contributed by atoms with E-state index in [-0.39, 0.29) is 11.9 Å². The van der Waals surface area contributed by atoms with E-state index in [1.54, 1.807) is 24.3 Å². The highest BCUT2D eigenvalue weighted by Crippen LogP contribution is 2.16. The minimum absolute atomic E-state index is 0.132. The number of halogens is 2. The molecule has 112 valence electrons. The van der Waals surface area contributed by atoms with Gasteiger partial charge in [-0.25, -0.2) is 4.39 Å². The van der Waals surface area contributed by atoms with E-state index < -0.39 is 0 Å². The summed E-state index contributed by atoms with van der Waals surface area (Å²) in [6.45, 7) is 3.40. The Kier molecular flexibility index (Phi) is 6.03. The van der Waals surface area contributed by atoms with Crippen LogP contribution in [0.5, 0.6) is 5.75 Å². The molecule has 1 unspecified atom stereocenters. The zero-order valence-corrected chi connectivity index (χ0v) is 12.7. The van der Waals surface area contributed by atoms with E-state index in [2.05, 4.69) is 5.32 Å². The van der Waals surface area contributed by atoms with Gasteiger partial charge in [0.2, 0.25) is 0 Å². The maximum absolute atomic E-state index is 13.2. The average molecular weight is 308 g/mol. The van der Waals surface area contributed by atoms with Gasteiger partial charge >= 0.3 is 0 Å². The van der Waals surface area contributed by atoms with Gasteiger partial charge in [0, 0.05) is 11.1 Å². The molecule has 2 aromatic rings. The summed E-state index contributed by atoms with van der Waals surface area (Å²) < 4.78 is 19.0. The highest BCUT2D eigenvalue weighted by molar-refractivity contribution is 6.30. The molecule has 4 heteroatoms. The summed E-state index contributed by atoms with van der Waals surface area (Å²) in [5, 5.41) is 4.04. The minimum Gasteiger partial charge on any atom is -0.492 e. The second kappa shape index (κ2) is 8.01. The molecular formula is C17H19ClFNO. The van der Waals surface area contributed by atoms with Crippen LogP contribution in [-0.2, 0) is 6.42 Å². The molecule has 0 aromatic heterocycles. The second-order valence-electron chi connectivity index (χ2n) is 4.85. The molecule has 0 amide bonds. The summed E-state index contributed by atoms with van der Waals surface area (Å²) in [7, 11) is 0. The third-order valence-corrected chi connectivity index (χ3v) is 3.38. The zero-order valence-electron chi connectivity index (χ0n) is 12.0. The van der Waals surface area contributed by atoms with Crippen LogP contribution >= 0.6 is 11.6 Å². The van der Waals surface area contributed by atoms with Gasteiger partial charge in [-0.3, -0.25) is 0 Å². The second-order valence-corrected chi connectivity index (χ2v) is 5.29. The number of benzene rings is 2. The van der Waals surface area contributed by atoms with Crippen LogP contribution < -0.4 is 10.1 Å². The fourth-order valence-electron chi connectivity index (χ4n) is 2.15. The van der Waals surface area contributed by atoms with Crippen LogP contribution in [0, 0.1) is 5.82 Å². The van der Waals surface area contributed by atoms with E-state index in [0.29, 0.717) is 11.6 Å². The number of likely N-dealkylation sites (N-methyl/N-ethyl adjacent to an activating group) is 1. The quantitative estimate of drug-likeness (QED) is 0.832. The molecule has 0 saturated heterocycles. The lowest BCUT2D eigenvalue weighted by Crippen LogP contribution is -2.36. The van der Waals surface area contributed by atoms with E-state index in [4.69, 9.17) is 16.3 Å². The lowest BCUT2D eigenvalue weighted by molar-refractivity contribution is 0.265. The first kappa shape index (κ1) is 15.8.